The predicted molar refractivity (Wildman–Crippen MR) is 105 cm³/mol. The fourth-order valence-corrected chi connectivity index (χ4v) is 2.54. The van der Waals surface area contributed by atoms with Crippen LogP contribution in [0.1, 0.15) is 44.4 Å². The highest BCUT2D eigenvalue weighted by atomic mass is 35.5. The second-order valence-electron chi connectivity index (χ2n) is 5.70. The first-order chi connectivity index (χ1) is 11.9. The van der Waals surface area contributed by atoms with Crippen molar-refractivity contribution in [3.05, 3.63) is 33.3 Å². The topological polar surface area (TPSA) is 40.0 Å². The number of ether oxygens (including phenoxy) is 2. The van der Waals surface area contributed by atoms with Gasteiger partial charge in [-0.2, -0.15) is 0 Å². The van der Waals surface area contributed by atoms with Crippen LogP contribution in [0.25, 0.3) is 0 Å². The summed E-state index contributed by atoms with van der Waals surface area (Å²) in [6.45, 7) is 11.2. The van der Waals surface area contributed by atoms with E-state index in [4.69, 9.17) is 37.5 Å². The predicted octanol–water partition coefficient (Wildman–Crippen LogP) is 5.61. The van der Waals surface area contributed by atoms with Crippen molar-refractivity contribution in [1.29, 1.82) is 0 Å². The Morgan fingerprint density at radius 3 is 2.40 bits per heavy atom. The van der Waals surface area contributed by atoms with Crippen LogP contribution < -0.4 is 9.47 Å². The summed E-state index contributed by atoms with van der Waals surface area (Å²) in [7, 11) is 0. The molecule has 25 heavy (non-hydrogen) atoms. The number of nitrogens with zero attached hydrogens (tertiary/aromatic N) is 1. The number of aryl methyl sites for hydroxylation is 1. The molecular formula is C19H27Cl2NO3. The summed E-state index contributed by atoms with van der Waals surface area (Å²) in [6, 6.07) is 2.02. The van der Waals surface area contributed by atoms with Gasteiger partial charge in [0.25, 0.3) is 0 Å². The van der Waals surface area contributed by atoms with Gasteiger partial charge in [0.2, 0.25) is 0 Å². The minimum absolute atomic E-state index is 0.203. The highest BCUT2D eigenvalue weighted by Crippen LogP contribution is 2.35. The molecule has 140 valence electrons. The first-order valence-electron chi connectivity index (χ1n) is 8.45. The number of oxime groups is 1. The van der Waals surface area contributed by atoms with Crippen molar-refractivity contribution in [2.45, 2.75) is 47.5 Å². The molecular weight excluding hydrogens is 361 g/mol. The quantitative estimate of drug-likeness (QED) is 0.297. The lowest BCUT2D eigenvalue weighted by molar-refractivity contribution is 0.106. The summed E-state index contributed by atoms with van der Waals surface area (Å²) in [5.74, 6) is 1.75. The van der Waals surface area contributed by atoms with Gasteiger partial charge in [0.05, 0.1) is 5.71 Å². The molecule has 1 aromatic carbocycles. The van der Waals surface area contributed by atoms with Crippen LogP contribution >= 0.6 is 23.2 Å². The summed E-state index contributed by atoms with van der Waals surface area (Å²) < 4.78 is 12.0. The Morgan fingerprint density at radius 1 is 1.12 bits per heavy atom. The molecule has 4 nitrogen and oxygen atoms in total. The summed E-state index contributed by atoms with van der Waals surface area (Å²) in [4.78, 5) is 5.20. The molecule has 0 bridgehead atoms. The Labute approximate surface area is 160 Å². The molecule has 0 N–H and O–H groups in total. The lowest BCUT2D eigenvalue weighted by atomic mass is 9.98. The average Bonchev–Trinajstić information content (AvgIpc) is 2.55. The van der Waals surface area contributed by atoms with Crippen LogP contribution in [-0.2, 0) is 17.7 Å². The normalized spacial score (nSPS) is 10.2. The average molecular weight is 388 g/mol. The first-order valence-corrected chi connectivity index (χ1v) is 9.21. The van der Waals surface area contributed by atoms with Gasteiger partial charge in [0.15, 0.2) is 6.61 Å². The molecule has 0 saturated heterocycles. The third-order valence-electron chi connectivity index (χ3n) is 3.57. The fourth-order valence-electron chi connectivity index (χ4n) is 2.41. The van der Waals surface area contributed by atoms with E-state index in [0.717, 1.165) is 46.7 Å². The van der Waals surface area contributed by atoms with Crippen molar-refractivity contribution in [2.24, 2.45) is 5.16 Å². The van der Waals surface area contributed by atoms with Crippen molar-refractivity contribution in [1.82, 2.24) is 0 Å². The molecule has 0 saturated carbocycles. The lowest BCUT2D eigenvalue weighted by Gasteiger charge is -2.19. The van der Waals surface area contributed by atoms with Crippen molar-refractivity contribution >= 4 is 28.9 Å². The molecule has 0 aliphatic heterocycles. The Hall–Kier alpha value is -1.39. The molecule has 0 atom stereocenters. The van der Waals surface area contributed by atoms with Crippen molar-refractivity contribution < 1.29 is 14.3 Å². The zero-order valence-corrected chi connectivity index (χ0v) is 17.1. The Kier molecular flexibility index (Phi) is 9.76. The van der Waals surface area contributed by atoms with Crippen LogP contribution in [0.15, 0.2) is 21.8 Å². The second-order valence-corrected chi connectivity index (χ2v) is 6.71. The highest BCUT2D eigenvalue weighted by molar-refractivity contribution is 6.55. The maximum absolute atomic E-state index is 6.01. The van der Waals surface area contributed by atoms with E-state index in [-0.39, 0.29) is 4.49 Å². The zero-order chi connectivity index (χ0) is 18.8. The lowest BCUT2D eigenvalue weighted by Crippen LogP contribution is -2.10. The summed E-state index contributed by atoms with van der Waals surface area (Å²) in [5, 5.41) is 3.91. The van der Waals surface area contributed by atoms with E-state index < -0.39 is 0 Å². The fraction of sp³-hybridized carbons (Fsp3) is 0.526. The Balaban J connectivity index is 2.94. The van der Waals surface area contributed by atoms with E-state index in [2.05, 4.69) is 19.0 Å². The molecule has 0 fully saturated rings. The summed E-state index contributed by atoms with van der Waals surface area (Å²) >= 11 is 11.3. The van der Waals surface area contributed by atoms with Crippen molar-refractivity contribution in [3.8, 4) is 11.5 Å². The number of rotatable bonds is 10. The van der Waals surface area contributed by atoms with Gasteiger partial charge in [-0.1, -0.05) is 42.2 Å². The molecule has 0 aliphatic rings. The Morgan fingerprint density at radius 2 is 1.84 bits per heavy atom. The second kappa shape index (κ2) is 11.3. The van der Waals surface area contributed by atoms with Crippen LogP contribution in [0.5, 0.6) is 11.5 Å². The molecule has 1 rings (SSSR count). The van der Waals surface area contributed by atoms with E-state index >= 15 is 0 Å². The maximum atomic E-state index is 6.01. The number of hydrogen-bond acceptors (Lipinski definition) is 4. The molecule has 0 heterocycles. The Bertz CT molecular complexity index is 620. The van der Waals surface area contributed by atoms with Gasteiger partial charge in [-0.25, -0.2) is 0 Å². The molecule has 1 aromatic rings. The molecule has 0 radical (unpaired) electrons. The van der Waals surface area contributed by atoms with Crippen molar-refractivity contribution in [2.75, 3.05) is 19.8 Å². The maximum Gasteiger partial charge on any atom is 0.151 e. The number of benzene rings is 1. The molecule has 0 aromatic heterocycles. The largest absolute Gasteiger partial charge is 0.489 e. The van der Waals surface area contributed by atoms with Crippen LogP contribution in [0.2, 0.25) is 0 Å². The molecule has 0 unspecified atom stereocenters. The summed E-state index contributed by atoms with van der Waals surface area (Å²) in [5.41, 5.74) is 4.20. The highest BCUT2D eigenvalue weighted by Gasteiger charge is 2.16. The SMILES string of the molecule is CCc1cc(OCC=C(Cl)Cl)c(C)c(CC)c1OCCON=C(C)C. The molecule has 0 amide bonds. The molecule has 0 aliphatic carbocycles. The van der Waals surface area contributed by atoms with Gasteiger partial charge in [0.1, 0.15) is 29.2 Å². The number of hydrogen-bond donors (Lipinski definition) is 0. The van der Waals surface area contributed by atoms with Crippen LogP contribution in [0, 0.1) is 6.92 Å². The van der Waals surface area contributed by atoms with E-state index in [1.54, 1.807) is 6.08 Å². The standard InChI is InChI=1S/C19H27Cl2NO3/c1-6-15-12-17(23-9-8-18(20)21)14(5)16(7-2)19(15)24-10-11-25-22-13(3)4/h8,12H,6-7,9-11H2,1-5H3. The van der Waals surface area contributed by atoms with E-state index in [9.17, 15) is 0 Å². The van der Waals surface area contributed by atoms with E-state index in [1.165, 1.54) is 0 Å². The van der Waals surface area contributed by atoms with Crippen LogP contribution in [0.4, 0.5) is 0 Å². The molecule has 6 heteroatoms. The van der Waals surface area contributed by atoms with Gasteiger partial charge >= 0.3 is 0 Å². The minimum atomic E-state index is 0.203. The van der Waals surface area contributed by atoms with Crippen molar-refractivity contribution in [3.63, 3.8) is 0 Å². The van der Waals surface area contributed by atoms with Gasteiger partial charge in [-0.05, 0) is 56.9 Å². The zero-order valence-electron chi connectivity index (χ0n) is 15.6. The number of halogens is 2. The molecule has 0 spiro atoms. The van der Waals surface area contributed by atoms with Gasteiger partial charge in [0, 0.05) is 5.56 Å². The van der Waals surface area contributed by atoms with Gasteiger partial charge < -0.3 is 14.3 Å². The van der Waals surface area contributed by atoms with Gasteiger partial charge in [-0.15, -0.1) is 0 Å². The summed E-state index contributed by atoms with van der Waals surface area (Å²) in [6.07, 6.45) is 3.32. The third kappa shape index (κ3) is 7.17. The third-order valence-corrected chi connectivity index (χ3v) is 3.88. The minimum Gasteiger partial charge on any atom is -0.489 e. The van der Waals surface area contributed by atoms with Crippen LogP contribution in [-0.4, -0.2) is 25.5 Å². The smallest absolute Gasteiger partial charge is 0.151 e. The first kappa shape index (κ1) is 21.7. The van der Waals surface area contributed by atoms with Crippen LogP contribution in [0.3, 0.4) is 0 Å². The van der Waals surface area contributed by atoms with Gasteiger partial charge in [-0.3, -0.25) is 0 Å². The monoisotopic (exact) mass is 387 g/mol. The van der Waals surface area contributed by atoms with E-state index in [1.807, 2.05) is 26.8 Å². The van der Waals surface area contributed by atoms with E-state index in [0.29, 0.717) is 19.8 Å².